The van der Waals surface area contributed by atoms with Crippen molar-refractivity contribution in [3.05, 3.63) is 33.9 Å². The minimum absolute atomic E-state index is 0.0335. The van der Waals surface area contributed by atoms with Gasteiger partial charge in [0.15, 0.2) is 5.78 Å². The minimum Gasteiger partial charge on any atom is -0.293 e. The fourth-order valence-corrected chi connectivity index (χ4v) is 3.56. The number of carbonyl (C=O) groups excluding carboxylic acids is 1. The highest BCUT2D eigenvalue weighted by atomic mass is 32.2. The van der Waals surface area contributed by atoms with E-state index in [0.717, 1.165) is 0 Å². The number of nitrogens with zero attached hydrogens (tertiary/aromatic N) is 1. The lowest BCUT2D eigenvalue weighted by Crippen LogP contribution is -2.29. The topological polar surface area (TPSA) is 60.2 Å². The molecule has 0 saturated heterocycles. The van der Waals surface area contributed by atoms with Gasteiger partial charge in [-0.05, 0) is 18.9 Å². The predicted molar refractivity (Wildman–Crippen MR) is 66.6 cm³/mol. The highest BCUT2D eigenvalue weighted by Crippen LogP contribution is 2.51. The van der Waals surface area contributed by atoms with Crippen LogP contribution in [0.15, 0.2) is 23.1 Å². The maximum absolute atomic E-state index is 12.3. The summed E-state index contributed by atoms with van der Waals surface area (Å²) in [5, 5.41) is 10.9. The molecule has 1 aliphatic rings. The Bertz CT molecular complexity index is 495. The SMILES string of the molecule is CCC1(CC)Sc2c(cccc2[N+](=O)[O-])C1=O. The van der Waals surface area contributed by atoms with Gasteiger partial charge in [0, 0.05) is 11.6 Å². The number of ketones is 1. The zero-order valence-electron chi connectivity index (χ0n) is 9.73. The molecule has 5 heteroatoms. The van der Waals surface area contributed by atoms with E-state index in [1.165, 1.54) is 17.8 Å². The van der Waals surface area contributed by atoms with Crippen molar-refractivity contribution in [2.24, 2.45) is 0 Å². The Labute approximate surface area is 104 Å². The van der Waals surface area contributed by atoms with Gasteiger partial charge >= 0.3 is 0 Å². The molecule has 0 amide bonds. The number of rotatable bonds is 3. The molecule has 0 N–H and O–H groups in total. The average Bonchev–Trinajstić information content (AvgIpc) is 2.63. The Morgan fingerprint density at radius 3 is 2.53 bits per heavy atom. The summed E-state index contributed by atoms with van der Waals surface area (Å²) in [6.45, 7) is 3.90. The molecular weight excluding hydrogens is 238 g/mol. The van der Waals surface area contributed by atoms with E-state index in [1.807, 2.05) is 13.8 Å². The number of Topliss-reactive ketones (excluding diaryl/α,β-unsaturated/α-hetero) is 1. The maximum atomic E-state index is 12.3. The maximum Gasteiger partial charge on any atom is 0.283 e. The fourth-order valence-electron chi connectivity index (χ4n) is 2.16. The van der Waals surface area contributed by atoms with Crippen molar-refractivity contribution in [1.29, 1.82) is 0 Å². The van der Waals surface area contributed by atoms with Crippen LogP contribution in [0.1, 0.15) is 37.0 Å². The van der Waals surface area contributed by atoms with Crippen molar-refractivity contribution in [1.82, 2.24) is 0 Å². The Kier molecular flexibility index (Phi) is 2.95. The third-order valence-corrected chi connectivity index (χ3v) is 5.08. The molecule has 1 heterocycles. The molecule has 1 aliphatic heterocycles. The molecule has 2 rings (SSSR count). The zero-order chi connectivity index (χ0) is 12.6. The summed E-state index contributed by atoms with van der Waals surface area (Å²) in [5.41, 5.74) is 0.553. The van der Waals surface area contributed by atoms with E-state index in [-0.39, 0.29) is 11.5 Å². The van der Waals surface area contributed by atoms with E-state index in [4.69, 9.17) is 0 Å². The molecule has 4 nitrogen and oxygen atoms in total. The van der Waals surface area contributed by atoms with Crippen LogP contribution in [0.3, 0.4) is 0 Å². The van der Waals surface area contributed by atoms with Gasteiger partial charge in [0.1, 0.15) is 0 Å². The molecule has 1 aromatic rings. The molecular formula is C12H13NO3S. The van der Waals surface area contributed by atoms with Gasteiger partial charge in [0.2, 0.25) is 0 Å². The second-order valence-corrected chi connectivity index (χ2v) is 5.44. The van der Waals surface area contributed by atoms with Gasteiger partial charge in [-0.2, -0.15) is 0 Å². The number of fused-ring (bicyclic) bond motifs is 1. The quantitative estimate of drug-likeness (QED) is 0.610. The zero-order valence-corrected chi connectivity index (χ0v) is 10.5. The molecule has 90 valence electrons. The molecule has 0 fully saturated rings. The Morgan fingerprint density at radius 1 is 1.35 bits per heavy atom. The van der Waals surface area contributed by atoms with Crippen molar-refractivity contribution < 1.29 is 9.72 Å². The molecule has 1 aromatic carbocycles. The van der Waals surface area contributed by atoms with Crippen LogP contribution in [0, 0.1) is 10.1 Å². The third kappa shape index (κ3) is 1.65. The second-order valence-electron chi connectivity index (χ2n) is 4.04. The number of benzene rings is 1. The second kappa shape index (κ2) is 4.14. The summed E-state index contributed by atoms with van der Waals surface area (Å²) in [6, 6.07) is 4.72. The number of carbonyl (C=O) groups is 1. The monoisotopic (exact) mass is 251 g/mol. The van der Waals surface area contributed by atoms with Gasteiger partial charge < -0.3 is 0 Å². The van der Waals surface area contributed by atoms with Crippen LogP contribution in [0.2, 0.25) is 0 Å². The summed E-state index contributed by atoms with van der Waals surface area (Å²) >= 11 is 1.36. The van der Waals surface area contributed by atoms with Gasteiger partial charge in [-0.25, -0.2) is 0 Å². The molecule has 0 aromatic heterocycles. The first-order valence-corrected chi connectivity index (χ1v) is 6.38. The van der Waals surface area contributed by atoms with Crippen LogP contribution < -0.4 is 0 Å². The van der Waals surface area contributed by atoms with Crippen LogP contribution in [0.4, 0.5) is 5.69 Å². The summed E-state index contributed by atoms with van der Waals surface area (Å²) in [7, 11) is 0. The lowest BCUT2D eigenvalue weighted by atomic mass is 9.92. The number of hydrogen-bond donors (Lipinski definition) is 0. The smallest absolute Gasteiger partial charge is 0.283 e. The molecule has 0 spiro atoms. The molecule has 0 saturated carbocycles. The van der Waals surface area contributed by atoms with Gasteiger partial charge in [0.05, 0.1) is 14.6 Å². The summed E-state index contributed by atoms with van der Waals surface area (Å²) in [4.78, 5) is 23.4. The Morgan fingerprint density at radius 2 is 2.00 bits per heavy atom. The third-order valence-electron chi connectivity index (χ3n) is 3.29. The van der Waals surface area contributed by atoms with Crippen molar-refractivity contribution in [3.8, 4) is 0 Å². The normalized spacial score (nSPS) is 16.9. The fraction of sp³-hybridized carbons (Fsp3) is 0.417. The average molecular weight is 251 g/mol. The molecule has 0 unspecified atom stereocenters. The highest BCUT2D eigenvalue weighted by Gasteiger charge is 2.46. The molecule has 0 atom stereocenters. The number of nitro groups is 1. The minimum atomic E-state index is -0.506. The van der Waals surface area contributed by atoms with Crippen molar-refractivity contribution in [2.75, 3.05) is 0 Å². The molecule has 0 aliphatic carbocycles. The first-order valence-electron chi connectivity index (χ1n) is 5.57. The number of hydrogen-bond acceptors (Lipinski definition) is 4. The number of nitro benzene ring substituents is 1. The van der Waals surface area contributed by atoms with Crippen LogP contribution in [-0.4, -0.2) is 15.5 Å². The first kappa shape index (κ1) is 12.1. The van der Waals surface area contributed by atoms with Crippen LogP contribution in [0.5, 0.6) is 0 Å². The number of thioether (sulfide) groups is 1. The van der Waals surface area contributed by atoms with Gasteiger partial charge in [-0.15, -0.1) is 11.8 Å². The van der Waals surface area contributed by atoms with Crippen LogP contribution >= 0.6 is 11.8 Å². The highest BCUT2D eigenvalue weighted by molar-refractivity contribution is 8.02. The Hall–Kier alpha value is -1.36. The van der Waals surface area contributed by atoms with Gasteiger partial charge in [-0.3, -0.25) is 14.9 Å². The summed E-state index contributed by atoms with van der Waals surface area (Å²) in [5.74, 6) is 0.0335. The lowest BCUT2D eigenvalue weighted by molar-refractivity contribution is -0.387. The van der Waals surface area contributed by atoms with E-state index < -0.39 is 9.67 Å². The Balaban J connectivity index is 2.58. The van der Waals surface area contributed by atoms with Gasteiger partial charge in [0.25, 0.3) is 5.69 Å². The van der Waals surface area contributed by atoms with Gasteiger partial charge in [-0.1, -0.05) is 19.9 Å². The van der Waals surface area contributed by atoms with Crippen molar-refractivity contribution in [3.63, 3.8) is 0 Å². The van der Waals surface area contributed by atoms with E-state index in [1.54, 1.807) is 12.1 Å². The van der Waals surface area contributed by atoms with Crippen LogP contribution in [0.25, 0.3) is 0 Å². The largest absolute Gasteiger partial charge is 0.293 e. The first-order chi connectivity index (χ1) is 8.05. The molecule has 0 radical (unpaired) electrons. The standard InChI is InChI=1S/C12H13NO3S/c1-3-12(4-2)11(14)8-6-5-7-9(13(15)16)10(8)17-12/h5-7H,3-4H2,1-2H3. The summed E-state index contributed by atoms with van der Waals surface area (Å²) < 4.78 is -0.506. The predicted octanol–water partition coefficient (Wildman–Crippen LogP) is 3.44. The van der Waals surface area contributed by atoms with Crippen LogP contribution in [-0.2, 0) is 0 Å². The van der Waals surface area contributed by atoms with E-state index >= 15 is 0 Å². The van der Waals surface area contributed by atoms with Crippen molar-refractivity contribution in [2.45, 2.75) is 36.3 Å². The van der Waals surface area contributed by atoms with E-state index in [0.29, 0.717) is 23.3 Å². The summed E-state index contributed by atoms with van der Waals surface area (Å²) in [6.07, 6.45) is 1.39. The molecule has 0 bridgehead atoms. The van der Waals surface area contributed by atoms with E-state index in [9.17, 15) is 14.9 Å². The lowest BCUT2D eigenvalue weighted by Gasteiger charge is -2.22. The van der Waals surface area contributed by atoms with Crippen molar-refractivity contribution >= 4 is 23.2 Å². The molecule has 17 heavy (non-hydrogen) atoms. The van der Waals surface area contributed by atoms with E-state index in [2.05, 4.69) is 0 Å².